The monoisotopic (exact) mass is 279 g/mol. The molecule has 0 aliphatic rings. The van der Waals surface area contributed by atoms with Gasteiger partial charge in [-0.3, -0.25) is 0 Å². The molecule has 0 saturated carbocycles. The van der Waals surface area contributed by atoms with Crippen LogP contribution in [-0.4, -0.2) is 44.7 Å². The molecular weight excluding hydrogens is 258 g/mol. The van der Waals surface area contributed by atoms with Gasteiger partial charge in [0.25, 0.3) is 0 Å². The highest BCUT2D eigenvalue weighted by Crippen LogP contribution is 2.08. The largest absolute Gasteiger partial charge is 0.304 e. The molecule has 19 heavy (non-hydrogen) atoms. The second kappa shape index (κ2) is 8.66. The van der Waals surface area contributed by atoms with Crippen molar-refractivity contribution < 1.29 is 0 Å². The third-order valence-electron chi connectivity index (χ3n) is 2.80. The highest BCUT2D eigenvalue weighted by Gasteiger charge is 2.01. The Kier molecular flexibility index (Phi) is 7.14. The third kappa shape index (κ3) is 5.00. The molecule has 6 heteroatoms. The van der Waals surface area contributed by atoms with Crippen LogP contribution in [0.5, 0.6) is 0 Å². The predicted molar refractivity (Wildman–Crippen MR) is 79.9 cm³/mol. The zero-order chi connectivity index (χ0) is 14.1. The van der Waals surface area contributed by atoms with Crippen molar-refractivity contribution in [3.63, 3.8) is 0 Å². The van der Waals surface area contributed by atoms with Gasteiger partial charge in [0, 0.05) is 0 Å². The summed E-state index contributed by atoms with van der Waals surface area (Å²) in [4.78, 5) is 2.38. The molecular formula is C13H21N5S. The number of hydrogen-bond acceptors (Lipinski definition) is 5. The van der Waals surface area contributed by atoms with Gasteiger partial charge in [-0.1, -0.05) is 39.0 Å². The molecule has 2 aromatic rings. The maximum atomic E-state index is 4.09. The van der Waals surface area contributed by atoms with Crippen LogP contribution in [0.25, 0.3) is 5.69 Å². The van der Waals surface area contributed by atoms with E-state index in [2.05, 4.69) is 53.8 Å². The molecule has 0 aliphatic heterocycles. The summed E-state index contributed by atoms with van der Waals surface area (Å²) >= 11 is 4.09. The first-order valence-electron chi connectivity index (χ1n) is 6.48. The number of benzene rings is 1. The molecule has 0 bridgehead atoms. The van der Waals surface area contributed by atoms with Gasteiger partial charge in [-0.2, -0.15) is 4.68 Å². The van der Waals surface area contributed by atoms with Crippen LogP contribution in [0.1, 0.15) is 20.8 Å². The van der Waals surface area contributed by atoms with E-state index in [4.69, 9.17) is 0 Å². The summed E-state index contributed by atoms with van der Waals surface area (Å²) in [6.45, 7) is 10.1. The molecule has 2 rings (SSSR count). The summed E-state index contributed by atoms with van der Waals surface area (Å²) in [6.07, 6.45) is 0. The van der Waals surface area contributed by atoms with E-state index in [9.17, 15) is 0 Å². The number of thiol groups is 1. The molecule has 0 spiro atoms. The molecule has 0 atom stereocenters. The number of aromatic nitrogens is 4. The zero-order valence-electron chi connectivity index (χ0n) is 11.7. The Balaban J connectivity index is 0.000000224. The van der Waals surface area contributed by atoms with Gasteiger partial charge in [0.2, 0.25) is 5.16 Å². The second-order valence-electron chi connectivity index (χ2n) is 3.85. The van der Waals surface area contributed by atoms with E-state index in [1.807, 2.05) is 30.3 Å². The molecule has 0 unspecified atom stereocenters. The van der Waals surface area contributed by atoms with E-state index < -0.39 is 0 Å². The Bertz CT molecular complexity index is 448. The topological polar surface area (TPSA) is 46.8 Å². The Labute approximate surface area is 120 Å². The molecule has 1 heterocycles. The minimum atomic E-state index is 0.487. The van der Waals surface area contributed by atoms with Crippen LogP contribution in [0.15, 0.2) is 35.5 Å². The lowest BCUT2D eigenvalue weighted by Crippen LogP contribution is -2.21. The normalized spacial score (nSPS) is 10.2. The van der Waals surface area contributed by atoms with E-state index in [0.717, 1.165) is 5.69 Å². The van der Waals surface area contributed by atoms with E-state index in [-0.39, 0.29) is 0 Å². The van der Waals surface area contributed by atoms with Crippen LogP contribution in [0.2, 0.25) is 0 Å². The van der Waals surface area contributed by atoms with Crippen molar-refractivity contribution in [1.29, 1.82) is 0 Å². The van der Waals surface area contributed by atoms with Crippen molar-refractivity contribution in [3.8, 4) is 5.69 Å². The number of para-hydroxylation sites is 1. The highest BCUT2D eigenvalue weighted by atomic mass is 32.1. The predicted octanol–water partition coefficient (Wildman–Crippen LogP) is 2.30. The summed E-state index contributed by atoms with van der Waals surface area (Å²) in [5, 5.41) is 11.4. The first-order chi connectivity index (χ1) is 9.22. The Morgan fingerprint density at radius 1 is 1.05 bits per heavy atom. The van der Waals surface area contributed by atoms with E-state index in [0.29, 0.717) is 5.16 Å². The van der Waals surface area contributed by atoms with Crippen LogP contribution in [0, 0.1) is 0 Å². The molecule has 0 saturated heterocycles. The standard InChI is InChI=1S/C7H6N4S.C6H15N/c12-7-8-9-10-11(7)6-4-2-1-3-5-6;1-4-7(5-2)6-3/h1-5H,(H,8,10,12);4-6H2,1-3H3. The fourth-order valence-corrected chi connectivity index (χ4v) is 1.78. The van der Waals surface area contributed by atoms with Crippen LogP contribution < -0.4 is 0 Å². The molecule has 1 aromatic carbocycles. The maximum Gasteiger partial charge on any atom is 0.211 e. The van der Waals surface area contributed by atoms with E-state index in [1.165, 1.54) is 19.6 Å². The quantitative estimate of drug-likeness (QED) is 0.872. The first-order valence-corrected chi connectivity index (χ1v) is 6.92. The third-order valence-corrected chi connectivity index (χ3v) is 3.07. The number of rotatable bonds is 4. The Morgan fingerprint density at radius 2 is 1.63 bits per heavy atom. The summed E-state index contributed by atoms with van der Waals surface area (Å²) in [6, 6.07) is 9.60. The minimum absolute atomic E-state index is 0.487. The lowest BCUT2D eigenvalue weighted by Gasteiger charge is -2.13. The Hall–Kier alpha value is -1.40. The van der Waals surface area contributed by atoms with Crippen molar-refractivity contribution in [2.45, 2.75) is 25.9 Å². The Morgan fingerprint density at radius 3 is 2.00 bits per heavy atom. The molecule has 0 radical (unpaired) electrons. The second-order valence-corrected chi connectivity index (χ2v) is 4.25. The molecule has 0 N–H and O–H groups in total. The minimum Gasteiger partial charge on any atom is -0.304 e. The molecule has 5 nitrogen and oxygen atoms in total. The molecule has 0 fully saturated rings. The lowest BCUT2D eigenvalue weighted by atomic mass is 10.3. The van der Waals surface area contributed by atoms with Gasteiger partial charge >= 0.3 is 0 Å². The van der Waals surface area contributed by atoms with Gasteiger partial charge in [-0.15, -0.1) is 17.7 Å². The average Bonchev–Trinajstić information content (AvgIpc) is 2.89. The smallest absolute Gasteiger partial charge is 0.211 e. The summed E-state index contributed by atoms with van der Waals surface area (Å²) in [7, 11) is 0. The molecule has 0 aliphatic carbocycles. The number of tetrazole rings is 1. The zero-order valence-corrected chi connectivity index (χ0v) is 12.6. The van der Waals surface area contributed by atoms with Crippen molar-refractivity contribution in [2.24, 2.45) is 0 Å². The van der Waals surface area contributed by atoms with Crippen molar-refractivity contribution in [2.75, 3.05) is 19.6 Å². The van der Waals surface area contributed by atoms with Gasteiger partial charge in [0.1, 0.15) is 0 Å². The van der Waals surface area contributed by atoms with E-state index >= 15 is 0 Å². The van der Waals surface area contributed by atoms with Crippen LogP contribution in [0.3, 0.4) is 0 Å². The van der Waals surface area contributed by atoms with Gasteiger partial charge in [0.05, 0.1) is 5.69 Å². The first kappa shape index (κ1) is 15.7. The van der Waals surface area contributed by atoms with Crippen LogP contribution in [-0.2, 0) is 0 Å². The van der Waals surface area contributed by atoms with Gasteiger partial charge < -0.3 is 4.90 Å². The summed E-state index contributed by atoms with van der Waals surface area (Å²) < 4.78 is 1.56. The van der Waals surface area contributed by atoms with Gasteiger partial charge in [-0.25, -0.2) is 0 Å². The maximum absolute atomic E-state index is 4.09. The summed E-state index contributed by atoms with van der Waals surface area (Å²) in [5.74, 6) is 0. The molecule has 1 aromatic heterocycles. The number of nitrogens with zero attached hydrogens (tertiary/aromatic N) is 5. The number of hydrogen-bond donors (Lipinski definition) is 1. The van der Waals surface area contributed by atoms with Crippen molar-refractivity contribution >= 4 is 12.6 Å². The molecule has 0 amide bonds. The summed E-state index contributed by atoms with van der Waals surface area (Å²) in [5.41, 5.74) is 0.910. The SMILES string of the molecule is CCN(CC)CC.Sc1nnnn1-c1ccccc1. The molecule has 104 valence electrons. The highest BCUT2D eigenvalue weighted by molar-refractivity contribution is 7.80. The lowest BCUT2D eigenvalue weighted by molar-refractivity contribution is 0.321. The van der Waals surface area contributed by atoms with Gasteiger partial charge in [0.15, 0.2) is 0 Å². The fourth-order valence-electron chi connectivity index (χ4n) is 1.59. The fraction of sp³-hybridized carbons (Fsp3) is 0.462. The van der Waals surface area contributed by atoms with Crippen LogP contribution >= 0.6 is 12.6 Å². The van der Waals surface area contributed by atoms with Gasteiger partial charge in [-0.05, 0) is 42.2 Å². The van der Waals surface area contributed by atoms with Crippen molar-refractivity contribution in [3.05, 3.63) is 30.3 Å². The average molecular weight is 279 g/mol. The van der Waals surface area contributed by atoms with Crippen molar-refractivity contribution in [1.82, 2.24) is 25.1 Å². The van der Waals surface area contributed by atoms with Crippen LogP contribution in [0.4, 0.5) is 0 Å². The van der Waals surface area contributed by atoms with E-state index in [1.54, 1.807) is 4.68 Å².